The molecule has 0 aliphatic rings. The van der Waals surface area contributed by atoms with E-state index in [-0.39, 0.29) is 12.3 Å². The van der Waals surface area contributed by atoms with Gasteiger partial charge in [-0.15, -0.1) is 0 Å². The van der Waals surface area contributed by atoms with Crippen molar-refractivity contribution in [1.29, 1.82) is 0 Å². The monoisotopic (exact) mass is 216 g/mol. The van der Waals surface area contributed by atoms with E-state index in [0.717, 1.165) is 12.8 Å². The number of allylic oxidation sites excluding steroid dienone is 1. The van der Waals surface area contributed by atoms with Crippen LogP contribution in [0.25, 0.3) is 0 Å². The second-order valence-electron chi connectivity index (χ2n) is 3.34. The first-order valence-electron chi connectivity index (χ1n) is 5.08. The molecule has 3 nitrogen and oxygen atoms in total. The first kappa shape index (κ1) is 13.4. The Morgan fingerprint density at radius 2 is 2.14 bits per heavy atom. The second kappa shape index (κ2) is 7.76. The molecule has 0 rings (SSSR count). The Hall–Kier alpha value is -0.613. The maximum atomic E-state index is 11.1. The van der Waals surface area contributed by atoms with Crippen LogP contribution < -0.4 is 0 Å². The van der Waals surface area contributed by atoms with E-state index >= 15 is 0 Å². The number of carbonyl (C=O) groups excluding carboxylic acids is 1. The van der Waals surface area contributed by atoms with E-state index in [4.69, 9.17) is 9.16 Å². The van der Waals surface area contributed by atoms with E-state index in [1.165, 1.54) is 6.08 Å². The van der Waals surface area contributed by atoms with Crippen molar-refractivity contribution in [2.45, 2.75) is 46.1 Å². The quantitative estimate of drug-likeness (QED) is 0.296. The van der Waals surface area contributed by atoms with E-state index in [1.807, 2.05) is 6.92 Å². The third-order valence-corrected chi connectivity index (χ3v) is 2.35. The fourth-order valence-corrected chi connectivity index (χ4v) is 1.80. The van der Waals surface area contributed by atoms with Crippen molar-refractivity contribution < 1.29 is 14.0 Å². The van der Waals surface area contributed by atoms with E-state index < -0.39 is 9.04 Å². The van der Waals surface area contributed by atoms with Crippen LogP contribution in [0.2, 0.25) is 13.1 Å². The van der Waals surface area contributed by atoms with E-state index in [2.05, 4.69) is 13.1 Å². The van der Waals surface area contributed by atoms with Gasteiger partial charge in [-0.3, -0.25) is 0 Å². The van der Waals surface area contributed by atoms with Gasteiger partial charge in [0.25, 0.3) is 0 Å². The zero-order valence-electron chi connectivity index (χ0n) is 9.45. The molecule has 0 amide bonds. The van der Waals surface area contributed by atoms with Gasteiger partial charge in [0.2, 0.25) is 0 Å². The number of hydrogen-bond acceptors (Lipinski definition) is 3. The molecule has 0 saturated heterocycles. The third kappa shape index (κ3) is 6.86. The molecule has 1 unspecified atom stereocenters. The SMILES string of the molecule is CC=CC(=O)OC(CCC)O[SiH](C)C. The molecule has 4 heteroatoms. The molecule has 0 aliphatic carbocycles. The molecule has 0 heterocycles. The minimum absolute atomic E-state index is 0.319. The number of rotatable bonds is 6. The summed E-state index contributed by atoms with van der Waals surface area (Å²) in [5, 5.41) is 0. The van der Waals surface area contributed by atoms with Gasteiger partial charge < -0.3 is 9.16 Å². The molecule has 1 atom stereocenters. The molecular weight excluding hydrogens is 196 g/mol. The first-order valence-corrected chi connectivity index (χ1v) is 7.87. The molecule has 0 N–H and O–H groups in total. The molecule has 0 aromatic carbocycles. The molecule has 0 radical (unpaired) electrons. The summed E-state index contributed by atoms with van der Waals surface area (Å²) in [5.74, 6) is -0.319. The van der Waals surface area contributed by atoms with Gasteiger partial charge in [-0.05, 0) is 20.0 Å². The highest BCUT2D eigenvalue weighted by Crippen LogP contribution is 2.06. The van der Waals surface area contributed by atoms with Crippen LogP contribution in [-0.2, 0) is 14.0 Å². The van der Waals surface area contributed by atoms with Gasteiger partial charge in [0.05, 0.1) is 0 Å². The van der Waals surface area contributed by atoms with Crippen LogP contribution in [0.5, 0.6) is 0 Å². The van der Waals surface area contributed by atoms with E-state index in [9.17, 15) is 4.79 Å². The zero-order chi connectivity index (χ0) is 11.0. The van der Waals surface area contributed by atoms with Crippen molar-refractivity contribution in [3.63, 3.8) is 0 Å². The van der Waals surface area contributed by atoms with Gasteiger partial charge in [-0.2, -0.15) is 0 Å². The Morgan fingerprint density at radius 3 is 2.57 bits per heavy atom. The smallest absolute Gasteiger partial charge is 0.332 e. The fourth-order valence-electron chi connectivity index (χ4n) is 0.999. The van der Waals surface area contributed by atoms with Crippen molar-refractivity contribution in [2.24, 2.45) is 0 Å². The van der Waals surface area contributed by atoms with Gasteiger partial charge >= 0.3 is 5.97 Å². The van der Waals surface area contributed by atoms with Crippen LogP contribution in [0.15, 0.2) is 12.2 Å². The minimum Gasteiger partial charge on any atom is -0.434 e. The zero-order valence-corrected chi connectivity index (χ0v) is 10.6. The number of esters is 1. The first-order chi connectivity index (χ1) is 6.60. The fraction of sp³-hybridized carbons (Fsp3) is 0.700. The maximum absolute atomic E-state index is 11.1. The standard InChI is InChI=1S/C10H20O3Si/c1-5-7-9(11)12-10(8-6-2)13-14(3)4/h5,7,10,14H,6,8H2,1-4H3. The van der Waals surface area contributed by atoms with Crippen LogP contribution >= 0.6 is 0 Å². The molecule has 0 aromatic heterocycles. The average Bonchev–Trinajstić information content (AvgIpc) is 2.03. The van der Waals surface area contributed by atoms with Gasteiger partial charge in [-0.25, -0.2) is 4.79 Å². The molecule has 0 aromatic rings. The maximum Gasteiger partial charge on any atom is 0.332 e. The Kier molecular flexibility index (Phi) is 7.42. The summed E-state index contributed by atoms with van der Waals surface area (Å²) in [5.41, 5.74) is 0. The summed E-state index contributed by atoms with van der Waals surface area (Å²) < 4.78 is 10.7. The Labute approximate surface area is 87.8 Å². The number of carbonyl (C=O) groups is 1. The number of ether oxygens (including phenoxy) is 1. The summed E-state index contributed by atoms with van der Waals surface area (Å²) in [6.07, 6.45) is 4.45. The van der Waals surface area contributed by atoms with Crippen LogP contribution in [0, 0.1) is 0 Å². The minimum atomic E-state index is -1.14. The average molecular weight is 216 g/mol. The van der Waals surface area contributed by atoms with Crippen molar-refractivity contribution in [1.82, 2.24) is 0 Å². The van der Waals surface area contributed by atoms with Crippen molar-refractivity contribution in [3.05, 3.63) is 12.2 Å². The lowest BCUT2D eigenvalue weighted by molar-refractivity contribution is -0.158. The summed E-state index contributed by atoms with van der Waals surface area (Å²) in [7, 11) is -1.14. The van der Waals surface area contributed by atoms with Crippen LogP contribution in [0.1, 0.15) is 26.7 Å². The Bertz CT molecular complexity index is 190. The summed E-state index contributed by atoms with van der Waals surface area (Å²) in [6.45, 7) is 7.95. The molecular formula is C10H20O3Si. The predicted octanol–water partition coefficient (Wildman–Crippen LogP) is 2.23. The van der Waals surface area contributed by atoms with Gasteiger partial charge in [0, 0.05) is 12.5 Å². The highest BCUT2D eigenvalue weighted by atomic mass is 28.3. The molecule has 0 spiro atoms. The van der Waals surface area contributed by atoms with E-state index in [0.29, 0.717) is 0 Å². The predicted molar refractivity (Wildman–Crippen MR) is 59.6 cm³/mol. The molecule has 0 fully saturated rings. The largest absolute Gasteiger partial charge is 0.434 e. The van der Waals surface area contributed by atoms with Crippen LogP contribution in [-0.4, -0.2) is 21.3 Å². The topological polar surface area (TPSA) is 35.5 Å². The summed E-state index contributed by atoms with van der Waals surface area (Å²) in [4.78, 5) is 11.1. The summed E-state index contributed by atoms with van der Waals surface area (Å²) >= 11 is 0. The van der Waals surface area contributed by atoms with Crippen LogP contribution in [0.3, 0.4) is 0 Å². The normalized spacial score (nSPS) is 13.5. The Balaban J connectivity index is 4.01. The molecule has 82 valence electrons. The Morgan fingerprint density at radius 1 is 1.50 bits per heavy atom. The van der Waals surface area contributed by atoms with Crippen molar-refractivity contribution in [2.75, 3.05) is 0 Å². The van der Waals surface area contributed by atoms with Crippen molar-refractivity contribution >= 4 is 15.0 Å². The highest BCUT2D eigenvalue weighted by molar-refractivity contribution is 6.48. The lowest BCUT2D eigenvalue weighted by Crippen LogP contribution is -2.25. The van der Waals surface area contributed by atoms with Gasteiger partial charge in [-0.1, -0.05) is 19.4 Å². The lowest BCUT2D eigenvalue weighted by Gasteiger charge is -2.19. The third-order valence-electron chi connectivity index (χ3n) is 1.50. The van der Waals surface area contributed by atoms with Crippen LogP contribution in [0.4, 0.5) is 0 Å². The number of hydrogen-bond donors (Lipinski definition) is 0. The molecule has 0 saturated carbocycles. The summed E-state index contributed by atoms with van der Waals surface area (Å²) in [6, 6.07) is 0. The molecule has 0 bridgehead atoms. The second-order valence-corrected chi connectivity index (χ2v) is 5.71. The van der Waals surface area contributed by atoms with E-state index in [1.54, 1.807) is 13.0 Å². The van der Waals surface area contributed by atoms with Gasteiger partial charge in [0.15, 0.2) is 15.3 Å². The van der Waals surface area contributed by atoms with Gasteiger partial charge in [0.1, 0.15) is 0 Å². The molecule has 14 heavy (non-hydrogen) atoms. The molecule has 0 aliphatic heterocycles. The highest BCUT2D eigenvalue weighted by Gasteiger charge is 2.13. The lowest BCUT2D eigenvalue weighted by atomic mass is 10.3. The van der Waals surface area contributed by atoms with Crippen molar-refractivity contribution in [3.8, 4) is 0 Å².